The van der Waals surface area contributed by atoms with E-state index < -0.39 is 24.0 Å². The summed E-state index contributed by atoms with van der Waals surface area (Å²) in [6.07, 6.45) is 8.93. The Hall–Kier alpha value is -2.32. The van der Waals surface area contributed by atoms with Crippen molar-refractivity contribution >= 4 is 40.5 Å². The number of rotatable bonds is 11. The first kappa shape index (κ1) is 27.3. The zero-order valence-corrected chi connectivity index (χ0v) is 23.2. The maximum atomic E-state index is 13.0. The van der Waals surface area contributed by atoms with Gasteiger partial charge in [-0.3, -0.25) is 0 Å². The molecule has 0 aromatic heterocycles. The fourth-order valence-electron chi connectivity index (χ4n) is 4.83. The van der Waals surface area contributed by atoms with Gasteiger partial charge in [0.15, 0.2) is 9.84 Å². The van der Waals surface area contributed by atoms with Crippen LogP contribution in [0, 0.1) is 0 Å². The van der Waals surface area contributed by atoms with Crippen LogP contribution < -0.4 is 10.2 Å². The van der Waals surface area contributed by atoms with E-state index in [-0.39, 0.29) is 12.3 Å². The van der Waals surface area contributed by atoms with E-state index in [2.05, 4.69) is 24.0 Å². The van der Waals surface area contributed by atoms with E-state index >= 15 is 0 Å². The van der Waals surface area contributed by atoms with Gasteiger partial charge in [-0.25, -0.2) is 13.2 Å². The largest absolute Gasteiger partial charge is 0.450 e. The molecule has 1 amide bonds. The third kappa shape index (κ3) is 7.83. The van der Waals surface area contributed by atoms with Gasteiger partial charge in [0.25, 0.3) is 0 Å². The van der Waals surface area contributed by atoms with E-state index in [1.807, 2.05) is 43.3 Å². The van der Waals surface area contributed by atoms with E-state index in [4.69, 9.17) is 4.74 Å². The predicted octanol–water partition coefficient (Wildman–Crippen LogP) is 6.00. The van der Waals surface area contributed by atoms with Crippen LogP contribution in [0.5, 0.6) is 0 Å². The van der Waals surface area contributed by atoms with Gasteiger partial charge in [0.05, 0.1) is 25.3 Å². The monoisotopic (exact) mass is 516 g/mol. The van der Waals surface area contributed by atoms with Crippen molar-refractivity contribution in [1.82, 2.24) is 5.32 Å². The fourth-order valence-corrected chi connectivity index (χ4v) is 9.96. The van der Waals surface area contributed by atoms with Crippen molar-refractivity contribution in [3.63, 3.8) is 0 Å². The third-order valence-electron chi connectivity index (χ3n) is 6.94. The lowest BCUT2D eigenvalue weighted by Gasteiger charge is -2.25. The molecule has 35 heavy (non-hydrogen) atoms. The number of carbonyl (C=O) groups excluding carboxylic acids is 1. The number of nitrogens with zero attached hydrogens (tertiary/aromatic N) is 1. The molecule has 0 unspecified atom stereocenters. The molecule has 0 aliphatic carbocycles. The van der Waals surface area contributed by atoms with E-state index in [0.29, 0.717) is 17.9 Å². The standard InChI is InChI=1S/C27H40N2O4SSi/c1-29(2)25-15-10-14-24-23(25)13-11-16-26(24)34(31,32)19-12-17-28-27(30)33-18-6-9-22-35(3)20-7-4-5-8-21-35/h4-5,10-11,13-16H,6-9,12,17-22H2,1-3H3,(H,28,30). The molecule has 2 aromatic carbocycles. The first-order valence-corrected chi connectivity index (χ1v) is 17.5. The number of benzene rings is 2. The van der Waals surface area contributed by atoms with E-state index in [1.165, 1.54) is 31.0 Å². The molecule has 1 aliphatic rings. The Bertz CT molecular complexity index is 1120. The second-order valence-corrected chi connectivity index (χ2v) is 17.3. The molecule has 0 atom stereocenters. The zero-order chi connectivity index (χ0) is 25.3. The Labute approximate surface area is 211 Å². The molecular formula is C27H40N2O4SSi. The number of sulfone groups is 1. The molecule has 1 heterocycles. The smallest absolute Gasteiger partial charge is 0.407 e. The SMILES string of the molecule is CN(C)c1cccc2c(S(=O)(=O)CCCNC(=O)OCCCC[Si]3(C)CCC=CCC3)cccc12. The Morgan fingerprint density at radius 2 is 1.69 bits per heavy atom. The van der Waals surface area contributed by atoms with Gasteiger partial charge in [0, 0.05) is 37.1 Å². The summed E-state index contributed by atoms with van der Waals surface area (Å²) in [5.41, 5.74) is 0.978. The predicted molar refractivity (Wildman–Crippen MR) is 148 cm³/mol. The molecule has 0 saturated carbocycles. The quantitative estimate of drug-likeness (QED) is 0.225. The topological polar surface area (TPSA) is 75.7 Å². The number of carbonyl (C=O) groups is 1. The highest BCUT2D eigenvalue weighted by Gasteiger charge is 2.25. The molecule has 0 saturated heterocycles. The number of hydrogen-bond donors (Lipinski definition) is 1. The normalized spacial score (nSPS) is 15.5. The minimum absolute atomic E-state index is 0.0311. The van der Waals surface area contributed by atoms with Crippen LogP contribution in [0.25, 0.3) is 10.8 Å². The summed E-state index contributed by atoms with van der Waals surface area (Å²) in [7, 11) is -0.737. The van der Waals surface area contributed by atoms with Crippen molar-refractivity contribution in [1.29, 1.82) is 0 Å². The number of hydrogen-bond acceptors (Lipinski definition) is 5. The van der Waals surface area contributed by atoms with Crippen LogP contribution in [0.4, 0.5) is 10.5 Å². The molecule has 0 spiro atoms. The number of anilines is 1. The van der Waals surface area contributed by atoms with Crippen molar-refractivity contribution in [3.8, 4) is 0 Å². The number of unbranched alkanes of at least 4 members (excludes halogenated alkanes) is 1. The minimum Gasteiger partial charge on any atom is -0.450 e. The third-order valence-corrected chi connectivity index (χ3v) is 13.3. The van der Waals surface area contributed by atoms with Crippen LogP contribution in [-0.2, 0) is 14.6 Å². The second-order valence-electron chi connectivity index (χ2n) is 10.1. The summed E-state index contributed by atoms with van der Waals surface area (Å²) >= 11 is 0. The summed E-state index contributed by atoms with van der Waals surface area (Å²) in [5.74, 6) is -0.0311. The van der Waals surface area contributed by atoms with Crippen molar-refractivity contribution < 1.29 is 17.9 Å². The zero-order valence-electron chi connectivity index (χ0n) is 21.4. The van der Waals surface area contributed by atoms with Crippen molar-refractivity contribution in [2.24, 2.45) is 0 Å². The molecule has 0 radical (unpaired) electrons. The Morgan fingerprint density at radius 3 is 2.40 bits per heavy atom. The number of fused-ring (bicyclic) bond motifs is 1. The van der Waals surface area contributed by atoms with Gasteiger partial charge in [0.2, 0.25) is 0 Å². The lowest BCUT2D eigenvalue weighted by atomic mass is 10.1. The Morgan fingerprint density at radius 1 is 1.00 bits per heavy atom. The molecule has 8 heteroatoms. The van der Waals surface area contributed by atoms with Crippen LogP contribution in [0.1, 0.15) is 32.1 Å². The van der Waals surface area contributed by atoms with Crippen LogP contribution in [0.3, 0.4) is 0 Å². The van der Waals surface area contributed by atoms with Gasteiger partial charge in [-0.15, -0.1) is 0 Å². The lowest BCUT2D eigenvalue weighted by Crippen LogP contribution is -2.29. The Balaban J connectivity index is 1.39. The molecule has 0 bridgehead atoms. The molecule has 1 aliphatic heterocycles. The molecule has 6 nitrogen and oxygen atoms in total. The molecule has 3 rings (SSSR count). The number of amides is 1. The highest BCUT2D eigenvalue weighted by Crippen LogP contribution is 2.31. The summed E-state index contributed by atoms with van der Waals surface area (Å²) in [5, 5.41) is 4.33. The van der Waals surface area contributed by atoms with Gasteiger partial charge in [-0.2, -0.15) is 0 Å². The van der Waals surface area contributed by atoms with Gasteiger partial charge < -0.3 is 15.0 Å². The molecule has 2 aromatic rings. The van der Waals surface area contributed by atoms with E-state index in [9.17, 15) is 13.2 Å². The summed E-state index contributed by atoms with van der Waals surface area (Å²) in [6, 6.07) is 15.1. The van der Waals surface area contributed by atoms with Crippen LogP contribution >= 0.6 is 0 Å². The van der Waals surface area contributed by atoms with Crippen LogP contribution in [0.15, 0.2) is 53.4 Å². The fraction of sp³-hybridized carbons (Fsp3) is 0.519. The van der Waals surface area contributed by atoms with E-state index in [1.54, 1.807) is 12.1 Å². The first-order valence-electron chi connectivity index (χ1n) is 12.7. The summed E-state index contributed by atoms with van der Waals surface area (Å²) in [4.78, 5) is 14.3. The van der Waals surface area contributed by atoms with Crippen molar-refractivity contribution in [3.05, 3.63) is 48.6 Å². The average Bonchev–Trinajstić information content (AvgIpc) is 3.05. The number of allylic oxidation sites excluding steroid dienone is 2. The van der Waals surface area contributed by atoms with Crippen molar-refractivity contribution in [2.45, 2.75) is 61.7 Å². The minimum atomic E-state index is -3.48. The number of nitrogens with one attached hydrogen (secondary N) is 1. The van der Waals surface area contributed by atoms with Crippen LogP contribution in [-0.4, -0.2) is 55.6 Å². The number of ether oxygens (including phenoxy) is 1. The maximum absolute atomic E-state index is 13.0. The van der Waals surface area contributed by atoms with Crippen molar-refractivity contribution in [2.75, 3.05) is 37.9 Å². The second kappa shape index (κ2) is 12.6. The highest BCUT2D eigenvalue weighted by molar-refractivity contribution is 7.91. The summed E-state index contributed by atoms with van der Waals surface area (Å²) < 4.78 is 31.4. The molecule has 192 valence electrons. The summed E-state index contributed by atoms with van der Waals surface area (Å²) in [6.45, 7) is 3.18. The average molecular weight is 517 g/mol. The molecule has 0 fully saturated rings. The maximum Gasteiger partial charge on any atom is 0.407 e. The highest BCUT2D eigenvalue weighted by atomic mass is 32.2. The van der Waals surface area contributed by atoms with Gasteiger partial charge >= 0.3 is 6.09 Å². The van der Waals surface area contributed by atoms with Gasteiger partial charge in [0.1, 0.15) is 0 Å². The van der Waals surface area contributed by atoms with Gasteiger partial charge in [-0.05, 0) is 37.8 Å². The molecular weight excluding hydrogens is 476 g/mol. The van der Waals surface area contributed by atoms with E-state index in [0.717, 1.165) is 29.3 Å². The van der Waals surface area contributed by atoms with Crippen LogP contribution in [0.2, 0.25) is 24.7 Å². The number of alkyl carbamates (subject to hydrolysis) is 1. The first-order chi connectivity index (χ1) is 16.7. The Kier molecular flexibility index (Phi) is 9.80. The molecule has 1 N–H and O–H groups in total. The van der Waals surface area contributed by atoms with Gasteiger partial charge in [-0.1, -0.05) is 67.5 Å². The lowest BCUT2D eigenvalue weighted by molar-refractivity contribution is 0.144.